The van der Waals surface area contributed by atoms with Crippen molar-refractivity contribution in [1.29, 1.82) is 0 Å². The third-order valence-corrected chi connectivity index (χ3v) is 5.59. The van der Waals surface area contributed by atoms with Crippen LogP contribution in [-0.4, -0.2) is 35.0 Å². The second-order valence-corrected chi connectivity index (χ2v) is 7.90. The van der Waals surface area contributed by atoms with Gasteiger partial charge in [0.2, 0.25) is 0 Å². The normalized spacial score (nSPS) is 13.1. The van der Waals surface area contributed by atoms with E-state index in [4.69, 9.17) is 14.5 Å². The van der Waals surface area contributed by atoms with Gasteiger partial charge in [-0.05, 0) is 44.0 Å². The highest BCUT2D eigenvalue weighted by Gasteiger charge is 2.24. The number of aryl methyl sites for hydroxylation is 3. The summed E-state index contributed by atoms with van der Waals surface area (Å²) < 4.78 is 12.9. The first-order valence-corrected chi connectivity index (χ1v) is 10.9. The summed E-state index contributed by atoms with van der Waals surface area (Å²) in [7, 11) is 3.17. The first kappa shape index (κ1) is 21.7. The van der Waals surface area contributed by atoms with Crippen LogP contribution in [0.1, 0.15) is 36.5 Å². The Morgan fingerprint density at radius 3 is 2.66 bits per heavy atom. The van der Waals surface area contributed by atoms with Crippen molar-refractivity contribution in [2.24, 2.45) is 0 Å². The van der Waals surface area contributed by atoms with E-state index in [-0.39, 0.29) is 12.6 Å². The van der Waals surface area contributed by atoms with Gasteiger partial charge >= 0.3 is 6.03 Å². The molecule has 0 radical (unpaired) electrons. The van der Waals surface area contributed by atoms with E-state index in [9.17, 15) is 4.79 Å². The minimum absolute atomic E-state index is 0.223. The number of rotatable bonds is 6. The molecule has 0 saturated carbocycles. The highest BCUT2D eigenvalue weighted by atomic mass is 16.5. The summed E-state index contributed by atoms with van der Waals surface area (Å²) >= 11 is 0. The molecule has 3 aromatic rings. The number of anilines is 2. The van der Waals surface area contributed by atoms with E-state index < -0.39 is 0 Å². The summed E-state index contributed by atoms with van der Waals surface area (Å²) in [6.07, 6.45) is 4.31. The molecule has 0 unspecified atom stereocenters. The Balaban J connectivity index is 1.66. The average Bonchev–Trinajstić information content (AvgIpc) is 3.06. The van der Waals surface area contributed by atoms with E-state index in [1.54, 1.807) is 31.3 Å². The van der Waals surface area contributed by atoms with E-state index >= 15 is 0 Å². The molecule has 8 nitrogen and oxygen atoms in total. The fourth-order valence-electron chi connectivity index (χ4n) is 3.82. The zero-order chi connectivity index (χ0) is 22.5. The standard InChI is InChI=1S/C24H29N5O3/c1-17-8-10-18(11-9-17)25-24(30)28(20-13-12-19(31-2)15-21(20)32-3)16-22-26-23-7-5-4-6-14-29(23)27-22/h8-13,15H,4-7,14,16H2,1-3H3,(H,25,30). The number of amides is 2. The molecule has 0 atom stereocenters. The van der Waals surface area contributed by atoms with Crippen molar-refractivity contribution >= 4 is 17.4 Å². The fraction of sp³-hybridized carbons (Fsp3) is 0.375. The molecule has 2 heterocycles. The lowest BCUT2D eigenvalue weighted by atomic mass is 10.2. The predicted molar refractivity (Wildman–Crippen MR) is 124 cm³/mol. The molecule has 1 N–H and O–H groups in total. The molecule has 1 aliphatic heterocycles. The van der Waals surface area contributed by atoms with E-state index in [2.05, 4.69) is 10.4 Å². The molecule has 32 heavy (non-hydrogen) atoms. The Labute approximate surface area is 188 Å². The number of urea groups is 1. The van der Waals surface area contributed by atoms with E-state index in [1.807, 2.05) is 41.9 Å². The van der Waals surface area contributed by atoms with Crippen molar-refractivity contribution in [2.45, 2.75) is 45.7 Å². The van der Waals surface area contributed by atoms with Gasteiger partial charge in [0.15, 0.2) is 5.82 Å². The largest absolute Gasteiger partial charge is 0.497 e. The smallest absolute Gasteiger partial charge is 0.326 e. The number of methoxy groups -OCH3 is 2. The van der Waals surface area contributed by atoms with Crippen LogP contribution in [0.5, 0.6) is 11.5 Å². The van der Waals surface area contributed by atoms with Gasteiger partial charge in [-0.2, -0.15) is 5.10 Å². The maximum atomic E-state index is 13.4. The molecule has 2 amide bonds. The molecular weight excluding hydrogens is 406 g/mol. The lowest BCUT2D eigenvalue weighted by Crippen LogP contribution is -2.35. The van der Waals surface area contributed by atoms with Crippen molar-refractivity contribution in [1.82, 2.24) is 14.8 Å². The second-order valence-electron chi connectivity index (χ2n) is 7.90. The van der Waals surface area contributed by atoms with Crippen LogP contribution in [0.3, 0.4) is 0 Å². The number of fused-ring (bicyclic) bond motifs is 1. The van der Waals surface area contributed by atoms with Gasteiger partial charge in [-0.15, -0.1) is 0 Å². The van der Waals surface area contributed by atoms with Crippen molar-refractivity contribution in [2.75, 3.05) is 24.4 Å². The molecular formula is C24H29N5O3. The molecule has 0 bridgehead atoms. The molecule has 2 aromatic carbocycles. The van der Waals surface area contributed by atoms with Gasteiger partial charge in [0.05, 0.1) is 26.5 Å². The van der Waals surface area contributed by atoms with Crippen molar-refractivity contribution in [3.63, 3.8) is 0 Å². The molecule has 168 valence electrons. The highest BCUT2D eigenvalue weighted by molar-refractivity contribution is 6.02. The van der Waals surface area contributed by atoms with Crippen LogP contribution < -0.4 is 19.7 Å². The zero-order valence-electron chi connectivity index (χ0n) is 18.8. The number of nitrogens with zero attached hydrogens (tertiary/aromatic N) is 4. The Morgan fingerprint density at radius 1 is 1.09 bits per heavy atom. The van der Waals surface area contributed by atoms with E-state index in [0.717, 1.165) is 37.2 Å². The van der Waals surface area contributed by atoms with Crippen LogP contribution in [0, 0.1) is 6.92 Å². The molecule has 0 fully saturated rings. The van der Waals surface area contributed by atoms with E-state index in [0.29, 0.717) is 28.7 Å². The predicted octanol–water partition coefficient (Wildman–Crippen LogP) is 4.57. The Bertz CT molecular complexity index is 1050. The van der Waals surface area contributed by atoms with Crippen LogP contribution >= 0.6 is 0 Å². The first-order valence-electron chi connectivity index (χ1n) is 10.9. The van der Waals surface area contributed by atoms with Crippen LogP contribution in [-0.2, 0) is 19.5 Å². The average molecular weight is 436 g/mol. The van der Waals surface area contributed by atoms with Gasteiger partial charge in [0, 0.05) is 24.7 Å². The summed E-state index contributed by atoms with van der Waals surface area (Å²) in [6, 6.07) is 12.8. The van der Waals surface area contributed by atoms with Gasteiger partial charge in [-0.3, -0.25) is 4.90 Å². The quantitative estimate of drug-likeness (QED) is 0.613. The van der Waals surface area contributed by atoms with Crippen LogP contribution in [0.2, 0.25) is 0 Å². The van der Waals surface area contributed by atoms with Gasteiger partial charge in [-0.1, -0.05) is 24.1 Å². The Morgan fingerprint density at radius 2 is 1.91 bits per heavy atom. The SMILES string of the molecule is COc1ccc(N(Cc2nc3n(n2)CCCCC3)C(=O)Nc2ccc(C)cc2)c(OC)c1. The third-order valence-electron chi connectivity index (χ3n) is 5.59. The lowest BCUT2D eigenvalue weighted by Gasteiger charge is -2.24. The number of nitrogens with one attached hydrogen (secondary N) is 1. The number of ether oxygens (including phenoxy) is 2. The molecule has 0 saturated heterocycles. The van der Waals surface area contributed by atoms with Gasteiger partial charge in [0.1, 0.15) is 17.3 Å². The summed E-state index contributed by atoms with van der Waals surface area (Å²) in [4.78, 5) is 19.7. The molecule has 0 spiro atoms. The molecule has 8 heteroatoms. The van der Waals surface area contributed by atoms with Crippen molar-refractivity contribution in [3.8, 4) is 11.5 Å². The number of carbonyl (C=O) groups is 1. The summed E-state index contributed by atoms with van der Waals surface area (Å²) in [6.45, 7) is 3.10. The number of aromatic nitrogens is 3. The summed E-state index contributed by atoms with van der Waals surface area (Å²) in [5.41, 5.74) is 2.45. The van der Waals surface area contributed by atoms with Gasteiger partial charge in [0.25, 0.3) is 0 Å². The number of benzene rings is 2. The van der Waals surface area contributed by atoms with Crippen molar-refractivity contribution in [3.05, 3.63) is 59.7 Å². The monoisotopic (exact) mass is 435 g/mol. The van der Waals surface area contributed by atoms with E-state index in [1.165, 1.54) is 6.42 Å². The van der Waals surface area contributed by atoms with Crippen LogP contribution in [0.4, 0.5) is 16.2 Å². The zero-order valence-corrected chi connectivity index (χ0v) is 18.8. The summed E-state index contributed by atoms with van der Waals surface area (Å²) in [5, 5.41) is 7.66. The van der Waals surface area contributed by atoms with Crippen LogP contribution in [0.15, 0.2) is 42.5 Å². The fourth-order valence-corrected chi connectivity index (χ4v) is 3.82. The second kappa shape index (κ2) is 9.72. The molecule has 1 aliphatic rings. The molecule has 1 aromatic heterocycles. The topological polar surface area (TPSA) is 81.5 Å². The molecule has 4 rings (SSSR count). The number of hydrogen-bond donors (Lipinski definition) is 1. The first-order chi connectivity index (χ1) is 15.6. The Kier molecular flexibility index (Phi) is 6.58. The minimum Gasteiger partial charge on any atom is -0.497 e. The maximum absolute atomic E-state index is 13.4. The van der Waals surface area contributed by atoms with Gasteiger partial charge in [-0.25, -0.2) is 14.5 Å². The van der Waals surface area contributed by atoms with Gasteiger partial charge < -0.3 is 14.8 Å². The Hall–Kier alpha value is -3.55. The minimum atomic E-state index is -0.290. The number of carbonyl (C=O) groups excluding carboxylic acids is 1. The molecule has 0 aliphatic carbocycles. The lowest BCUT2D eigenvalue weighted by molar-refractivity contribution is 0.256. The maximum Gasteiger partial charge on any atom is 0.326 e. The third kappa shape index (κ3) is 4.85. The van der Waals surface area contributed by atoms with Crippen LogP contribution in [0.25, 0.3) is 0 Å². The highest BCUT2D eigenvalue weighted by Crippen LogP contribution is 2.33. The number of hydrogen-bond acceptors (Lipinski definition) is 5. The van der Waals surface area contributed by atoms with Crippen molar-refractivity contribution < 1.29 is 14.3 Å². The summed E-state index contributed by atoms with van der Waals surface area (Å²) in [5.74, 6) is 2.78.